The molecule has 0 unspecified atom stereocenters. The van der Waals surface area contributed by atoms with E-state index in [-0.39, 0.29) is 0 Å². The van der Waals surface area contributed by atoms with Crippen LogP contribution in [0.5, 0.6) is 0 Å². The second kappa shape index (κ2) is 8.29. The third-order valence-electron chi connectivity index (χ3n) is 7.89. The molecule has 1 spiro atoms. The second-order valence-electron chi connectivity index (χ2n) is 9.99. The highest BCUT2D eigenvalue weighted by Crippen LogP contribution is 2.49. The predicted molar refractivity (Wildman–Crippen MR) is 127 cm³/mol. The number of aryl methyl sites for hydroxylation is 1. The molecule has 7 nitrogen and oxygen atoms in total. The van der Waals surface area contributed by atoms with E-state index in [1.54, 1.807) is 13.1 Å². The third-order valence-corrected chi connectivity index (χ3v) is 7.89. The van der Waals surface area contributed by atoms with Crippen LogP contribution in [0.2, 0.25) is 0 Å². The first-order chi connectivity index (χ1) is 16.5. The van der Waals surface area contributed by atoms with Gasteiger partial charge >= 0.3 is 0 Å². The number of hydrogen-bond donors (Lipinski definition) is 1. The lowest BCUT2D eigenvalue weighted by molar-refractivity contribution is 0.127. The number of fused-ring (bicyclic) bond motifs is 2. The monoisotopic (exact) mass is 465 g/mol. The fourth-order valence-electron chi connectivity index (χ4n) is 6.03. The van der Waals surface area contributed by atoms with Crippen molar-refractivity contribution in [2.24, 2.45) is 5.41 Å². The lowest BCUT2D eigenvalue weighted by atomic mass is 9.71. The summed E-state index contributed by atoms with van der Waals surface area (Å²) in [6.07, 6.45) is 13.5. The van der Waals surface area contributed by atoms with Crippen LogP contribution in [0.15, 0.2) is 30.7 Å². The second-order valence-corrected chi connectivity index (χ2v) is 9.99. The number of aromatic nitrogens is 6. The number of nitrogens with one attached hydrogen (secondary N) is 1. The highest BCUT2D eigenvalue weighted by Gasteiger charge is 2.37. The average molecular weight is 466 g/mol. The van der Waals surface area contributed by atoms with Crippen molar-refractivity contribution in [1.82, 2.24) is 29.1 Å². The van der Waals surface area contributed by atoms with E-state index in [4.69, 9.17) is 0 Å². The zero-order valence-corrected chi connectivity index (χ0v) is 19.3. The maximum Gasteiger partial charge on any atom is 0.256 e. The molecule has 6 rings (SSSR count). The molecule has 0 bridgehead atoms. The van der Waals surface area contributed by atoms with Gasteiger partial charge in [0.25, 0.3) is 6.43 Å². The first kappa shape index (κ1) is 21.4. The summed E-state index contributed by atoms with van der Waals surface area (Å²) in [6.45, 7) is 1.32. The van der Waals surface area contributed by atoms with Crippen LogP contribution in [0.4, 0.5) is 14.7 Å². The van der Waals surface area contributed by atoms with Gasteiger partial charge in [0.15, 0.2) is 5.65 Å². The Hall–Kier alpha value is -3.10. The Morgan fingerprint density at radius 2 is 1.88 bits per heavy atom. The maximum atomic E-state index is 13.1. The highest BCUT2D eigenvalue weighted by atomic mass is 19.3. The summed E-state index contributed by atoms with van der Waals surface area (Å²) >= 11 is 0. The molecule has 2 aliphatic carbocycles. The van der Waals surface area contributed by atoms with Gasteiger partial charge in [0.2, 0.25) is 5.95 Å². The molecule has 2 saturated carbocycles. The maximum absolute atomic E-state index is 13.1. The van der Waals surface area contributed by atoms with Gasteiger partial charge in [0, 0.05) is 29.6 Å². The predicted octanol–water partition coefficient (Wildman–Crippen LogP) is 5.63. The number of imidazole rings is 1. The SMILES string of the molecule is Cc1nc2ncc(-c3ccn4nc(NC5CCC6(CCCC6)CC5)ncc34)cc2n1CC(F)F. The normalized spacial score (nSPS) is 18.6. The molecule has 0 saturated heterocycles. The summed E-state index contributed by atoms with van der Waals surface area (Å²) in [6, 6.07) is 4.25. The molecule has 2 aliphatic rings. The minimum Gasteiger partial charge on any atom is -0.350 e. The molecule has 4 heterocycles. The summed E-state index contributed by atoms with van der Waals surface area (Å²) in [4.78, 5) is 13.3. The number of rotatable bonds is 5. The Morgan fingerprint density at radius 3 is 2.65 bits per heavy atom. The van der Waals surface area contributed by atoms with Gasteiger partial charge in [-0.15, -0.1) is 5.10 Å². The van der Waals surface area contributed by atoms with E-state index in [1.807, 2.05) is 29.0 Å². The van der Waals surface area contributed by atoms with Crippen molar-refractivity contribution >= 4 is 22.6 Å². The number of alkyl halides is 2. The lowest BCUT2D eigenvalue weighted by Gasteiger charge is -2.37. The minimum atomic E-state index is -2.46. The lowest BCUT2D eigenvalue weighted by Crippen LogP contribution is -2.32. The van der Waals surface area contributed by atoms with E-state index in [1.165, 1.54) is 55.9 Å². The number of hydrogen-bond acceptors (Lipinski definition) is 5. The van der Waals surface area contributed by atoms with Crippen molar-refractivity contribution in [3.63, 3.8) is 0 Å². The third kappa shape index (κ3) is 3.80. The van der Waals surface area contributed by atoms with Gasteiger partial charge in [-0.2, -0.15) is 0 Å². The van der Waals surface area contributed by atoms with Gasteiger partial charge in [-0.05, 0) is 63.0 Å². The largest absolute Gasteiger partial charge is 0.350 e. The van der Waals surface area contributed by atoms with Gasteiger partial charge in [-0.1, -0.05) is 12.8 Å². The molecule has 0 radical (unpaired) electrons. The van der Waals surface area contributed by atoms with Crippen LogP contribution in [-0.2, 0) is 6.54 Å². The number of halogens is 2. The first-order valence-electron chi connectivity index (χ1n) is 12.2. The molecule has 0 aromatic carbocycles. The minimum absolute atomic E-state index is 0.398. The average Bonchev–Trinajstić information content (AvgIpc) is 3.53. The number of nitrogens with zero attached hydrogens (tertiary/aromatic N) is 6. The summed E-state index contributed by atoms with van der Waals surface area (Å²) in [7, 11) is 0. The van der Waals surface area contributed by atoms with Gasteiger partial charge < -0.3 is 9.88 Å². The van der Waals surface area contributed by atoms with Crippen LogP contribution < -0.4 is 5.32 Å². The quantitative estimate of drug-likeness (QED) is 0.414. The Morgan fingerprint density at radius 1 is 1.09 bits per heavy atom. The Balaban J connectivity index is 1.24. The van der Waals surface area contributed by atoms with Gasteiger partial charge in [-0.25, -0.2) is 28.2 Å². The van der Waals surface area contributed by atoms with Crippen molar-refractivity contribution in [2.45, 2.75) is 77.3 Å². The Kier molecular flexibility index (Phi) is 5.22. The van der Waals surface area contributed by atoms with E-state index >= 15 is 0 Å². The molecule has 0 atom stereocenters. The molecular weight excluding hydrogens is 436 g/mol. The first-order valence-corrected chi connectivity index (χ1v) is 12.2. The molecule has 4 aromatic heterocycles. The van der Waals surface area contributed by atoms with Crippen LogP contribution in [0, 0.1) is 12.3 Å². The smallest absolute Gasteiger partial charge is 0.256 e. The zero-order chi connectivity index (χ0) is 23.3. The summed E-state index contributed by atoms with van der Waals surface area (Å²) in [5.41, 5.74) is 4.26. The van der Waals surface area contributed by atoms with Crippen molar-refractivity contribution in [3.05, 3.63) is 36.5 Å². The molecule has 4 aromatic rings. The molecule has 2 fully saturated rings. The van der Waals surface area contributed by atoms with Crippen LogP contribution >= 0.6 is 0 Å². The van der Waals surface area contributed by atoms with Gasteiger partial charge in [0.05, 0.1) is 23.8 Å². The van der Waals surface area contributed by atoms with Crippen LogP contribution in [-0.4, -0.2) is 41.6 Å². The van der Waals surface area contributed by atoms with Crippen molar-refractivity contribution in [2.75, 3.05) is 5.32 Å². The van der Waals surface area contributed by atoms with Gasteiger partial charge in [0.1, 0.15) is 5.82 Å². The molecule has 34 heavy (non-hydrogen) atoms. The van der Waals surface area contributed by atoms with Crippen LogP contribution in [0.25, 0.3) is 27.8 Å². The fourth-order valence-corrected chi connectivity index (χ4v) is 6.03. The Labute approximate surface area is 196 Å². The Bertz CT molecular complexity index is 1330. The van der Waals surface area contributed by atoms with E-state index in [0.29, 0.717) is 34.4 Å². The summed E-state index contributed by atoms with van der Waals surface area (Å²) in [5, 5.41) is 8.23. The molecule has 0 amide bonds. The van der Waals surface area contributed by atoms with Crippen molar-refractivity contribution < 1.29 is 8.78 Å². The van der Waals surface area contributed by atoms with E-state index in [0.717, 1.165) is 16.6 Å². The molecule has 0 aliphatic heterocycles. The van der Waals surface area contributed by atoms with Crippen molar-refractivity contribution in [3.8, 4) is 11.1 Å². The number of pyridine rings is 1. The van der Waals surface area contributed by atoms with Crippen LogP contribution in [0.3, 0.4) is 0 Å². The molecule has 178 valence electrons. The number of anilines is 1. The molecular formula is C25H29F2N7. The van der Waals surface area contributed by atoms with Crippen LogP contribution in [0.1, 0.15) is 57.2 Å². The van der Waals surface area contributed by atoms with Crippen molar-refractivity contribution in [1.29, 1.82) is 0 Å². The van der Waals surface area contributed by atoms with Gasteiger partial charge in [-0.3, -0.25) is 0 Å². The summed E-state index contributed by atoms with van der Waals surface area (Å²) in [5.74, 6) is 1.17. The fraction of sp³-hybridized carbons (Fsp3) is 0.520. The van der Waals surface area contributed by atoms with E-state index in [9.17, 15) is 8.78 Å². The molecule has 9 heteroatoms. The topological polar surface area (TPSA) is 72.9 Å². The molecule has 1 N–H and O–H groups in total. The standard InChI is InChI=1S/C25H29F2N7/c1-16-30-23-20(33(16)15-22(26)27)12-17(13-28-23)19-6-11-34-21(19)14-29-24(32-34)31-18-4-9-25(10-5-18)7-2-3-8-25/h6,11-14,18,22H,2-5,7-10,15H2,1H3,(H,31,32). The van der Waals surface area contributed by atoms with E-state index in [2.05, 4.69) is 25.4 Å². The highest BCUT2D eigenvalue weighted by molar-refractivity contribution is 5.85. The zero-order valence-electron chi connectivity index (χ0n) is 19.3. The summed E-state index contributed by atoms with van der Waals surface area (Å²) < 4.78 is 29.5. The van der Waals surface area contributed by atoms with E-state index < -0.39 is 13.0 Å².